The van der Waals surface area contributed by atoms with Gasteiger partial charge in [-0.2, -0.15) is 0 Å². The third-order valence-electron chi connectivity index (χ3n) is 2.71. The van der Waals surface area contributed by atoms with Gasteiger partial charge in [0.15, 0.2) is 0 Å². The van der Waals surface area contributed by atoms with Crippen LogP contribution < -0.4 is 0 Å². The van der Waals surface area contributed by atoms with Crippen LogP contribution in [0.25, 0.3) is 0 Å². The number of rotatable bonds is 6. The zero-order valence-electron chi connectivity index (χ0n) is 13.5. The highest BCUT2D eigenvalue weighted by molar-refractivity contribution is 4.85. The van der Waals surface area contributed by atoms with E-state index in [0.29, 0.717) is 0 Å². The summed E-state index contributed by atoms with van der Waals surface area (Å²) >= 11 is 0. The number of allylic oxidation sites excluding steroid dienone is 1. The molecule has 0 aliphatic heterocycles. The van der Waals surface area contributed by atoms with Crippen molar-refractivity contribution in [2.24, 2.45) is 10.8 Å². The van der Waals surface area contributed by atoms with Gasteiger partial charge in [-0.1, -0.05) is 48.1 Å². The Bertz CT molecular complexity index is 220. The molecule has 0 atom stereocenters. The smallest absolute Gasteiger partial charge is 0.0482 e. The van der Waals surface area contributed by atoms with Crippen LogP contribution in [0.15, 0.2) is 31.5 Å². The van der Waals surface area contributed by atoms with Gasteiger partial charge in [-0.15, -0.1) is 18.9 Å². The lowest BCUT2D eigenvalue weighted by Gasteiger charge is -2.29. The Morgan fingerprint density at radius 2 is 1.39 bits per heavy atom. The number of hydrogen-bond acceptors (Lipinski definition) is 1. The summed E-state index contributed by atoms with van der Waals surface area (Å²) in [5, 5.41) is 9.14. The van der Waals surface area contributed by atoms with Gasteiger partial charge in [0.25, 0.3) is 0 Å². The molecule has 0 amide bonds. The molecule has 108 valence electrons. The van der Waals surface area contributed by atoms with Crippen LogP contribution in [0, 0.1) is 10.8 Å². The summed E-state index contributed by atoms with van der Waals surface area (Å²) in [4.78, 5) is 0. The molecule has 0 aliphatic rings. The summed E-state index contributed by atoms with van der Waals surface area (Å²) in [6.07, 6.45) is 5.18. The largest absolute Gasteiger partial charge is 0.396 e. The summed E-state index contributed by atoms with van der Waals surface area (Å²) in [7, 11) is 0. The molecule has 0 rings (SSSR count). The number of hydrogen-bond donors (Lipinski definition) is 1. The molecule has 1 heteroatoms. The molecule has 0 fully saturated rings. The second-order valence-corrected chi connectivity index (χ2v) is 5.60. The second kappa shape index (κ2) is 12.7. The van der Waals surface area contributed by atoms with E-state index < -0.39 is 0 Å². The normalized spacial score (nSPS) is 10.2. The quantitative estimate of drug-likeness (QED) is 0.499. The molecule has 0 bridgehead atoms. The average molecular weight is 254 g/mol. The lowest BCUT2D eigenvalue weighted by molar-refractivity contribution is 0.131. The van der Waals surface area contributed by atoms with Gasteiger partial charge in [0, 0.05) is 6.61 Å². The zero-order chi connectivity index (χ0) is 15.2. The summed E-state index contributed by atoms with van der Waals surface area (Å²) in [5.74, 6) is 0. The minimum Gasteiger partial charge on any atom is -0.396 e. The maximum atomic E-state index is 9.14. The fourth-order valence-corrected chi connectivity index (χ4v) is 1.21. The molecule has 0 spiro atoms. The molecule has 0 aliphatic carbocycles. The first kappa shape index (κ1) is 22.4. The fraction of sp³-hybridized carbons (Fsp3) is 0.706. The lowest BCUT2D eigenvalue weighted by Crippen LogP contribution is -2.21. The monoisotopic (exact) mass is 254 g/mol. The molecule has 0 saturated carbocycles. The van der Waals surface area contributed by atoms with Crippen molar-refractivity contribution in [1.29, 1.82) is 0 Å². The highest BCUT2D eigenvalue weighted by Gasteiger charge is 2.22. The van der Waals surface area contributed by atoms with Gasteiger partial charge in [-0.3, -0.25) is 0 Å². The van der Waals surface area contributed by atoms with E-state index in [2.05, 4.69) is 53.2 Å². The van der Waals surface area contributed by atoms with E-state index in [1.165, 1.54) is 0 Å². The van der Waals surface area contributed by atoms with Gasteiger partial charge in [-0.05, 0) is 36.2 Å². The van der Waals surface area contributed by atoms with Gasteiger partial charge in [0.1, 0.15) is 0 Å². The first-order valence-electron chi connectivity index (χ1n) is 6.78. The van der Waals surface area contributed by atoms with Crippen molar-refractivity contribution in [1.82, 2.24) is 0 Å². The maximum Gasteiger partial charge on any atom is 0.0482 e. The van der Waals surface area contributed by atoms with Crippen molar-refractivity contribution in [3.05, 3.63) is 31.5 Å². The van der Waals surface area contributed by atoms with Crippen molar-refractivity contribution >= 4 is 0 Å². The van der Waals surface area contributed by atoms with Crippen molar-refractivity contribution in [3.8, 4) is 0 Å². The molecule has 0 unspecified atom stereocenters. The summed E-state index contributed by atoms with van der Waals surface area (Å²) in [6.45, 7) is 22.5. The standard InChI is InChI=1S/C13H24O.C2H6.C2H4/c1-6-7-8-12(2,3)9-10-13(4,5)11-14;2*1-2/h7,14H,1,8-11H2,2-5H3;1-2H3;1-2H2. The van der Waals surface area contributed by atoms with E-state index in [1.54, 1.807) is 0 Å². The minimum absolute atomic E-state index is 0.0508. The minimum atomic E-state index is 0.0508. The lowest BCUT2D eigenvalue weighted by atomic mass is 9.78. The molecule has 0 heterocycles. The van der Waals surface area contributed by atoms with Crippen molar-refractivity contribution in [3.63, 3.8) is 0 Å². The summed E-state index contributed by atoms with van der Waals surface area (Å²) < 4.78 is 0. The van der Waals surface area contributed by atoms with Crippen LogP contribution in [0.1, 0.15) is 60.8 Å². The van der Waals surface area contributed by atoms with E-state index in [1.807, 2.05) is 19.9 Å². The highest BCUT2D eigenvalue weighted by atomic mass is 16.3. The van der Waals surface area contributed by atoms with E-state index in [0.717, 1.165) is 19.3 Å². The van der Waals surface area contributed by atoms with Crippen LogP contribution >= 0.6 is 0 Å². The SMILES string of the molecule is C=C.C=C=CCC(C)(C)CCC(C)(C)CO.CC. The average Bonchev–Trinajstić information content (AvgIpc) is 2.39. The molecule has 0 radical (unpaired) electrons. The van der Waals surface area contributed by atoms with E-state index in [9.17, 15) is 0 Å². The van der Waals surface area contributed by atoms with Gasteiger partial charge in [0.2, 0.25) is 0 Å². The predicted octanol–water partition coefficient (Wildman–Crippen LogP) is 5.37. The summed E-state index contributed by atoms with van der Waals surface area (Å²) in [5.41, 5.74) is 3.15. The van der Waals surface area contributed by atoms with Gasteiger partial charge in [0.05, 0.1) is 0 Å². The van der Waals surface area contributed by atoms with Crippen LogP contribution in [0.3, 0.4) is 0 Å². The molecule has 1 N–H and O–H groups in total. The van der Waals surface area contributed by atoms with Crippen LogP contribution in [-0.4, -0.2) is 11.7 Å². The van der Waals surface area contributed by atoms with Gasteiger partial charge < -0.3 is 5.11 Å². The molecule has 0 saturated heterocycles. The van der Waals surface area contributed by atoms with Crippen molar-refractivity contribution in [2.75, 3.05) is 6.61 Å². The highest BCUT2D eigenvalue weighted by Crippen LogP contribution is 2.33. The third-order valence-corrected chi connectivity index (χ3v) is 2.71. The van der Waals surface area contributed by atoms with Crippen LogP contribution in [0.5, 0.6) is 0 Å². The van der Waals surface area contributed by atoms with E-state index in [4.69, 9.17) is 5.11 Å². The Morgan fingerprint density at radius 3 is 1.72 bits per heavy atom. The Hall–Kier alpha value is -0.780. The van der Waals surface area contributed by atoms with Gasteiger partial charge in [-0.25, -0.2) is 0 Å². The molecule has 0 aromatic carbocycles. The molecule has 18 heavy (non-hydrogen) atoms. The molecule has 0 aromatic rings. The van der Waals surface area contributed by atoms with Crippen molar-refractivity contribution < 1.29 is 5.11 Å². The topological polar surface area (TPSA) is 20.2 Å². The Balaban J connectivity index is -0.000000506. The van der Waals surface area contributed by atoms with Crippen LogP contribution in [0.4, 0.5) is 0 Å². The van der Waals surface area contributed by atoms with Crippen LogP contribution in [-0.2, 0) is 0 Å². The first-order valence-corrected chi connectivity index (χ1v) is 6.78. The molecular weight excluding hydrogens is 220 g/mol. The summed E-state index contributed by atoms with van der Waals surface area (Å²) in [6, 6.07) is 0. The Labute approximate surface area is 115 Å². The Kier molecular flexibility index (Phi) is 15.8. The van der Waals surface area contributed by atoms with Crippen molar-refractivity contribution in [2.45, 2.75) is 60.8 Å². The van der Waals surface area contributed by atoms with Gasteiger partial charge >= 0.3 is 0 Å². The number of aliphatic hydroxyl groups excluding tert-OH is 1. The molecule has 0 aromatic heterocycles. The molecular formula is C17H34O. The number of aliphatic hydroxyl groups is 1. The maximum absolute atomic E-state index is 9.14. The van der Waals surface area contributed by atoms with E-state index in [-0.39, 0.29) is 17.4 Å². The fourth-order valence-electron chi connectivity index (χ4n) is 1.21. The van der Waals surface area contributed by atoms with Crippen LogP contribution in [0.2, 0.25) is 0 Å². The first-order chi connectivity index (χ1) is 8.33. The zero-order valence-corrected chi connectivity index (χ0v) is 13.5. The predicted molar refractivity (Wildman–Crippen MR) is 84.8 cm³/mol. The third kappa shape index (κ3) is 15.2. The Morgan fingerprint density at radius 1 is 1.00 bits per heavy atom. The van der Waals surface area contributed by atoms with E-state index >= 15 is 0 Å². The molecule has 1 nitrogen and oxygen atoms in total. The second-order valence-electron chi connectivity index (χ2n) is 5.60.